The van der Waals surface area contributed by atoms with Gasteiger partial charge in [0, 0.05) is 12.4 Å². The maximum Gasteiger partial charge on any atom is 0.186 e. The minimum absolute atomic E-state index is 0.112. The van der Waals surface area contributed by atoms with Crippen molar-refractivity contribution in [1.82, 2.24) is 9.78 Å². The summed E-state index contributed by atoms with van der Waals surface area (Å²) in [6, 6.07) is 6.95. The van der Waals surface area contributed by atoms with Gasteiger partial charge in [-0.15, -0.1) is 0 Å². The number of hydrogen-bond acceptors (Lipinski definition) is 3. The van der Waals surface area contributed by atoms with Crippen molar-refractivity contribution in [2.24, 2.45) is 0 Å². The normalized spacial score (nSPS) is 10.1. The molecule has 0 aliphatic heterocycles. The first-order valence-corrected chi connectivity index (χ1v) is 4.19. The Morgan fingerprint density at radius 2 is 2.21 bits per heavy atom. The molecular weight excluding hydrogens is 180 g/mol. The molecule has 2 aromatic rings. The zero-order valence-electron chi connectivity index (χ0n) is 7.71. The lowest BCUT2D eigenvalue weighted by Crippen LogP contribution is -1.98. The number of rotatable bonds is 2. The molecule has 0 amide bonds. The van der Waals surface area contributed by atoms with Gasteiger partial charge in [-0.3, -0.25) is 0 Å². The topological polar surface area (TPSA) is 47.3 Å². The molecule has 1 aromatic carbocycles. The van der Waals surface area contributed by atoms with E-state index in [9.17, 15) is 5.11 Å². The van der Waals surface area contributed by atoms with Crippen LogP contribution in [0.5, 0.6) is 11.5 Å². The predicted molar refractivity (Wildman–Crippen MR) is 51.8 cm³/mol. The van der Waals surface area contributed by atoms with Crippen molar-refractivity contribution in [2.75, 3.05) is 7.11 Å². The Labute approximate surface area is 81.4 Å². The van der Waals surface area contributed by atoms with Gasteiger partial charge in [-0.25, -0.2) is 4.68 Å². The van der Waals surface area contributed by atoms with Crippen LogP contribution < -0.4 is 4.74 Å². The van der Waals surface area contributed by atoms with Gasteiger partial charge >= 0.3 is 0 Å². The first-order valence-electron chi connectivity index (χ1n) is 4.19. The van der Waals surface area contributed by atoms with E-state index in [-0.39, 0.29) is 5.75 Å². The first kappa shape index (κ1) is 8.62. The molecule has 0 spiro atoms. The van der Waals surface area contributed by atoms with Gasteiger partial charge in [0.05, 0.1) is 7.11 Å². The van der Waals surface area contributed by atoms with E-state index in [0.717, 1.165) is 5.69 Å². The lowest BCUT2D eigenvalue weighted by molar-refractivity contribution is 0.371. The number of hydrogen-bond donors (Lipinski definition) is 1. The van der Waals surface area contributed by atoms with E-state index in [1.54, 1.807) is 29.2 Å². The number of methoxy groups -OCH3 is 1. The Kier molecular flexibility index (Phi) is 2.10. The van der Waals surface area contributed by atoms with Crippen LogP contribution in [0.1, 0.15) is 0 Å². The highest BCUT2D eigenvalue weighted by molar-refractivity contribution is 5.54. The van der Waals surface area contributed by atoms with E-state index in [0.29, 0.717) is 5.75 Å². The molecule has 0 radical (unpaired) electrons. The van der Waals surface area contributed by atoms with Gasteiger partial charge < -0.3 is 9.84 Å². The fraction of sp³-hybridized carbons (Fsp3) is 0.100. The maximum atomic E-state index is 9.52. The number of nitrogens with zero attached hydrogens (tertiary/aromatic N) is 2. The molecule has 1 aromatic heterocycles. The predicted octanol–water partition coefficient (Wildman–Crippen LogP) is 1.59. The summed E-state index contributed by atoms with van der Waals surface area (Å²) < 4.78 is 6.73. The van der Waals surface area contributed by atoms with E-state index in [4.69, 9.17) is 4.74 Å². The third-order valence-electron chi connectivity index (χ3n) is 1.93. The van der Waals surface area contributed by atoms with Crippen LogP contribution in [-0.2, 0) is 0 Å². The molecule has 72 valence electrons. The summed E-state index contributed by atoms with van der Waals surface area (Å²) in [5.74, 6) is 0.539. The fourth-order valence-electron chi connectivity index (χ4n) is 1.31. The molecule has 0 aliphatic rings. The molecule has 1 N–H and O–H groups in total. The summed E-state index contributed by atoms with van der Waals surface area (Å²) in [7, 11) is 1.52. The van der Waals surface area contributed by atoms with E-state index in [1.165, 1.54) is 7.11 Å². The molecule has 0 unspecified atom stereocenters. The van der Waals surface area contributed by atoms with Gasteiger partial charge in [0.1, 0.15) is 5.69 Å². The Hall–Kier alpha value is -1.97. The average Bonchev–Trinajstić information content (AvgIpc) is 2.70. The van der Waals surface area contributed by atoms with E-state index in [2.05, 4.69) is 5.10 Å². The summed E-state index contributed by atoms with van der Waals surface area (Å²) in [5.41, 5.74) is 0.720. The van der Waals surface area contributed by atoms with Crippen LogP contribution in [0.4, 0.5) is 0 Å². The summed E-state index contributed by atoms with van der Waals surface area (Å²) in [6.07, 6.45) is 3.46. The number of aromatic hydroxyl groups is 1. The molecule has 0 saturated carbocycles. The molecule has 0 aliphatic carbocycles. The van der Waals surface area contributed by atoms with Crippen LogP contribution in [-0.4, -0.2) is 22.0 Å². The Morgan fingerprint density at radius 3 is 2.86 bits per heavy atom. The summed E-state index contributed by atoms with van der Waals surface area (Å²) in [5, 5.41) is 13.6. The lowest BCUT2D eigenvalue weighted by Gasteiger charge is -2.09. The number of phenolic OH excluding ortho intramolecular Hbond substituents is 1. The van der Waals surface area contributed by atoms with Gasteiger partial charge in [0.25, 0.3) is 0 Å². The lowest BCUT2D eigenvalue weighted by atomic mass is 10.2. The smallest absolute Gasteiger partial charge is 0.186 e. The van der Waals surface area contributed by atoms with Gasteiger partial charge in [0.2, 0.25) is 0 Å². The molecule has 0 bridgehead atoms. The van der Waals surface area contributed by atoms with Gasteiger partial charge in [-0.1, -0.05) is 6.07 Å². The van der Waals surface area contributed by atoms with Crippen LogP contribution >= 0.6 is 0 Å². The molecule has 4 heteroatoms. The van der Waals surface area contributed by atoms with E-state index >= 15 is 0 Å². The zero-order valence-corrected chi connectivity index (χ0v) is 7.71. The summed E-state index contributed by atoms with van der Waals surface area (Å²) in [6.45, 7) is 0. The minimum atomic E-state index is 0.112. The highest BCUT2D eigenvalue weighted by atomic mass is 16.5. The number of ether oxygens (including phenoxy) is 1. The second-order valence-electron chi connectivity index (χ2n) is 2.78. The third-order valence-corrected chi connectivity index (χ3v) is 1.93. The maximum absolute atomic E-state index is 9.52. The molecular formula is C10H10N2O2. The van der Waals surface area contributed by atoms with Crippen LogP contribution in [0.25, 0.3) is 5.69 Å². The average molecular weight is 190 g/mol. The van der Waals surface area contributed by atoms with Crippen molar-refractivity contribution in [2.45, 2.75) is 0 Å². The van der Waals surface area contributed by atoms with Crippen LogP contribution in [0.3, 0.4) is 0 Å². The molecule has 1 heterocycles. The van der Waals surface area contributed by atoms with Crippen molar-refractivity contribution >= 4 is 0 Å². The Bertz CT molecular complexity index is 424. The van der Waals surface area contributed by atoms with Crippen LogP contribution in [0, 0.1) is 0 Å². The summed E-state index contributed by atoms with van der Waals surface area (Å²) >= 11 is 0. The monoisotopic (exact) mass is 190 g/mol. The van der Waals surface area contributed by atoms with Gasteiger partial charge in [0.15, 0.2) is 11.5 Å². The van der Waals surface area contributed by atoms with Crippen molar-refractivity contribution in [3.8, 4) is 17.2 Å². The third kappa shape index (κ3) is 1.31. The van der Waals surface area contributed by atoms with Gasteiger partial charge in [-0.2, -0.15) is 5.10 Å². The highest BCUT2D eigenvalue weighted by Crippen LogP contribution is 2.31. The Balaban J connectivity index is 2.58. The molecule has 0 fully saturated rings. The second kappa shape index (κ2) is 3.41. The van der Waals surface area contributed by atoms with Crippen molar-refractivity contribution < 1.29 is 9.84 Å². The van der Waals surface area contributed by atoms with Crippen molar-refractivity contribution in [3.05, 3.63) is 36.7 Å². The SMILES string of the molecule is COc1c(O)cccc1-n1cccn1. The summed E-state index contributed by atoms with van der Waals surface area (Å²) in [4.78, 5) is 0. The zero-order chi connectivity index (χ0) is 9.97. The number of phenols is 1. The van der Waals surface area contributed by atoms with E-state index < -0.39 is 0 Å². The molecule has 0 saturated heterocycles. The molecule has 0 atom stereocenters. The van der Waals surface area contributed by atoms with Crippen LogP contribution in [0.15, 0.2) is 36.7 Å². The quantitative estimate of drug-likeness (QED) is 0.782. The van der Waals surface area contributed by atoms with Gasteiger partial charge in [-0.05, 0) is 18.2 Å². The molecule has 14 heavy (non-hydrogen) atoms. The van der Waals surface area contributed by atoms with Crippen molar-refractivity contribution in [3.63, 3.8) is 0 Å². The standard InChI is InChI=1S/C10H10N2O2/c1-14-10-8(4-2-5-9(10)13)12-7-3-6-11-12/h2-7,13H,1H3. The number of aromatic nitrogens is 2. The fourth-order valence-corrected chi connectivity index (χ4v) is 1.31. The minimum Gasteiger partial charge on any atom is -0.504 e. The Morgan fingerprint density at radius 1 is 1.36 bits per heavy atom. The van der Waals surface area contributed by atoms with E-state index in [1.807, 2.05) is 12.1 Å². The highest BCUT2D eigenvalue weighted by Gasteiger charge is 2.08. The second-order valence-corrected chi connectivity index (χ2v) is 2.78. The van der Waals surface area contributed by atoms with Crippen LogP contribution in [0.2, 0.25) is 0 Å². The molecule has 2 rings (SSSR count). The largest absolute Gasteiger partial charge is 0.504 e. The first-order chi connectivity index (χ1) is 6.83. The number of benzene rings is 1. The molecule has 4 nitrogen and oxygen atoms in total. The van der Waals surface area contributed by atoms with Crippen molar-refractivity contribution in [1.29, 1.82) is 0 Å². The number of para-hydroxylation sites is 1.